The molecule has 0 N–H and O–H groups in total. The average Bonchev–Trinajstić information content (AvgIpc) is 3.62. The Balaban J connectivity index is 1.65. The second kappa shape index (κ2) is 11.1. The average molecular weight is 659 g/mol. The largest absolute Gasteiger partial charge is 0.415 e. The Labute approximate surface area is 286 Å². The van der Waals surface area contributed by atoms with Gasteiger partial charge in [-0.2, -0.15) is 18.4 Å². The molecule has 0 aliphatic carbocycles. The van der Waals surface area contributed by atoms with Crippen LogP contribution in [0.1, 0.15) is 33.4 Å². The fourth-order valence-electron chi connectivity index (χ4n) is 7.88. The molecule has 0 fully saturated rings. The van der Waals surface area contributed by atoms with Gasteiger partial charge in [-0.05, 0) is 85.8 Å². The van der Waals surface area contributed by atoms with Crippen molar-refractivity contribution in [2.75, 3.05) is 0 Å². The van der Waals surface area contributed by atoms with Crippen molar-refractivity contribution in [2.24, 2.45) is 0 Å². The summed E-state index contributed by atoms with van der Waals surface area (Å²) in [7, 11) is 0. The lowest BCUT2D eigenvalue weighted by atomic mass is 9.92. The highest BCUT2D eigenvalue weighted by Gasteiger charge is 2.36. The molecular formula is C43H29F3N4. The summed E-state index contributed by atoms with van der Waals surface area (Å²) < 4.78 is 48.6. The van der Waals surface area contributed by atoms with Crippen LogP contribution in [0.2, 0.25) is 0 Å². The van der Waals surface area contributed by atoms with Crippen LogP contribution in [0, 0.1) is 45.6 Å². The van der Waals surface area contributed by atoms with Gasteiger partial charge in [-0.3, -0.25) is 0 Å². The highest BCUT2D eigenvalue weighted by molar-refractivity contribution is 6.14. The maximum absolute atomic E-state index is 14.9. The number of nitriles is 1. The quantitative estimate of drug-likeness (QED) is 0.174. The lowest BCUT2D eigenvalue weighted by Gasteiger charge is -2.22. The molecule has 0 atom stereocenters. The van der Waals surface area contributed by atoms with Crippen molar-refractivity contribution in [1.29, 1.82) is 5.26 Å². The third kappa shape index (κ3) is 4.30. The minimum absolute atomic E-state index is 0.144. The fourth-order valence-corrected chi connectivity index (χ4v) is 7.88. The van der Waals surface area contributed by atoms with Crippen LogP contribution in [0.4, 0.5) is 18.9 Å². The Morgan fingerprint density at radius 2 is 1.04 bits per heavy atom. The first kappa shape index (κ1) is 31.0. The molecule has 0 unspecified atom stereocenters. The predicted molar refractivity (Wildman–Crippen MR) is 195 cm³/mol. The summed E-state index contributed by atoms with van der Waals surface area (Å²) in [6, 6.07) is 33.4. The van der Waals surface area contributed by atoms with Gasteiger partial charge in [-0.1, -0.05) is 72.8 Å². The standard InChI is InChI=1S/C43H29F3N4/c1-24-11-6-17-33-37(24)38-25(2)12-7-18-34(38)49(33)32-22-21-28(41-30(43(44,45)46)15-10-16-31(41)48-5)42(29(32)23-47)50-35-19-8-13-26(3)39(35)40-27(4)14-9-20-36(40)50/h6-22H,1-4H3. The maximum atomic E-state index is 14.9. The van der Waals surface area contributed by atoms with E-state index in [4.69, 9.17) is 6.57 Å². The van der Waals surface area contributed by atoms with E-state index in [2.05, 4.69) is 36.9 Å². The molecular weight excluding hydrogens is 629 g/mol. The molecule has 2 aromatic heterocycles. The van der Waals surface area contributed by atoms with Crippen molar-refractivity contribution in [3.05, 3.63) is 148 Å². The van der Waals surface area contributed by atoms with Gasteiger partial charge in [0, 0.05) is 27.1 Å². The summed E-state index contributed by atoms with van der Waals surface area (Å²) in [4.78, 5) is 3.58. The van der Waals surface area contributed by atoms with E-state index >= 15 is 0 Å². The minimum Gasteiger partial charge on any atom is -0.308 e. The lowest BCUT2D eigenvalue weighted by molar-refractivity contribution is -0.137. The van der Waals surface area contributed by atoms with E-state index in [0.29, 0.717) is 5.69 Å². The van der Waals surface area contributed by atoms with Crippen molar-refractivity contribution in [3.8, 4) is 28.6 Å². The van der Waals surface area contributed by atoms with E-state index < -0.39 is 11.7 Å². The topological polar surface area (TPSA) is 38.0 Å². The smallest absolute Gasteiger partial charge is 0.308 e. The molecule has 0 aliphatic heterocycles. The molecule has 2 heterocycles. The van der Waals surface area contributed by atoms with Crippen molar-refractivity contribution < 1.29 is 13.2 Å². The van der Waals surface area contributed by atoms with E-state index in [1.54, 1.807) is 12.1 Å². The maximum Gasteiger partial charge on any atom is 0.415 e. The molecule has 50 heavy (non-hydrogen) atoms. The highest BCUT2D eigenvalue weighted by Crippen LogP contribution is 2.48. The van der Waals surface area contributed by atoms with Gasteiger partial charge in [0.05, 0.1) is 45.6 Å². The Morgan fingerprint density at radius 3 is 1.46 bits per heavy atom. The lowest BCUT2D eigenvalue weighted by Crippen LogP contribution is -2.10. The van der Waals surface area contributed by atoms with Gasteiger partial charge in [-0.15, -0.1) is 0 Å². The van der Waals surface area contributed by atoms with E-state index in [1.165, 1.54) is 12.1 Å². The van der Waals surface area contributed by atoms with Gasteiger partial charge in [0.2, 0.25) is 0 Å². The Kier molecular flexibility index (Phi) is 6.89. The van der Waals surface area contributed by atoms with Crippen molar-refractivity contribution in [3.63, 3.8) is 0 Å². The molecule has 8 rings (SSSR count). The fraction of sp³-hybridized carbons (Fsp3) is 0.116. The number of nitrogens with zero attached hydrogens (tertiary/aromatic N) is 4. The normalized spacial score (nSPS) is 11.9. The summed E-state index contributed by atoms with van der Waals surface area (Å²) >= 11 is 0. The van der Waals surface area contributed by atoms with Crippen LogP contribution < -0.4 is 0 Å². The monoisotopic (exact) mass is 658 g/mol. The number of aryl methyl sites for hydroxylation is 4. The summed E-state index contributed by atoms with van der Waals surface area (Å²) in [6.07, 6.45) is -4.76. The molecule has 4 nitrogen and oxygen atoms in total. The Bertz CT molecular complexity index is 2700. The first-order valence-electron chi connectivity index (χ1n) is 16.2. The van der Waals surface area contributed by atoms with E-state index in [0.717, 1.165) is 71.9 Å². The number of alkyl halides is 3. The summed E-state index contributed by atoms with van der Waals surface area (Å²) in [6.45, 7) is 16.1. The molecule has 0 aliphatic rings. The van der Waals surface area contributed by atoms with Gasteiger partial charge in [0.1, 0.15) is 11.6 Å². The number of hydrogen-bond donors (Lipinski definition) is 0. The van der Waals surface area contributed by atoms with Gasteiger partial charge in [-0.25, -0.2) is 4.85 Å². The number of aromatic nitrogens is 2. The first-order valence-corrected chi connectivity index (χ1v) is 16.2. The van der Waals surface area contributed by atoms with Gasteiger partial charge in [0.25, 0.3) is 0 Å². The molecule has 8 aromatic rings. The zero-order valence-corrected chi connectivity index (χ0v) is 27.7. The Morgan fingerprint density at radius 1 is 0.600 bits per heavy atom. The van der Waals surface area contributed by atoms with Gasteiger partial charge < -0.3 is 9.13 Å². The van der Waals surface area contributed by atoms with E-state index in [1.807, 2.05) is 83.6 Å². The molecule has 0 radical (unpaired) electrons. The van der Waals surface area contributed by atoms with Crippen LogP contribution in [0.5, 0.6) is 0 Å². The second-order valence-electron chi connectivity index (χ2n) is 12.8. The van der Waals surface area contributed by atoms with Crippen molar-refractivity contribution in [2.45, 2.75) is 33.9 Å². The third-order valence-corrected chi connectivity index (χ3v) is 9.94. The van der Waals surface area contributed by atoms with Crippen LogP contribution >= 0.6 is 0 Å². The number of benzene rings is 6. The van der Waals surface area contributed by atoms with Crippen LogP contribution in [0.3, 0.4) is 0 Å². The van der Waals surface area contributed by atoms with Crippen LogP contribution in [-0.2, 0) is 6.18 Å². The van der Waals surface area contributed by atoms with Gasteiger partial charge in [0.15, 0.2) is 5.69 Å². The number of rotatable bonds is 3. The van der Waals surface area contributed by atoms with Crippen LogP contribution in [-0.4, -0.2) is 9.13 Å². The predicted octanol–water partition coefficient (Wildman–Crippen LogP) is 12.2. The molecule has 0 bridgehead atoms. The van der Waals surface area contributed by atoms with Crippen LogP contribution in [0.25, 0.3) is 71.0 Å². The van der Waals surface area contributed by atoms with E-state index in [-0.39, 0.29) is 28.1 Å². The molecule has 242 valence electrons. The Hall–Kier alpha value is -6.31. The van der Waals surface area contributed by atoms with Crippen LogP contribution in [0.15, 0.2) is 103 Å². The summed E-state index contributed by atoms with van der Waals surface area (Å²) in [5.41, 5.74) is 7.28. The molecule has 7 heteroatoms. The molecule has 6 aromatic carbocycles. The minimum atomic E-state index is -4.76. The van der Waals surface area contributed by atoms with Crippen molar-refractivity contribution >= 4 is 49.3 Å². The SMILES string of the molecule is [C-]#[N+]c1cccc(C(F)(F)F)c1-c1ccc(-n2c3cccc(C)c3c3c(C)cccc32)c(C#N)c1-n1c2cccc(C)c2c2c(C)cccc21. The van der Waals surface area contributed by atoms with Gasteiger partial charge >= 0.3 is 6.18 Å². The number of hydrogen-bond acceptors (Lipinski definition) is 1. The molecule has 0 spiro atoms. The number of fused-ring (bicyclic) bond motifs is 6. The third-order valence-electron chi connectivity index (χ3n) is 9.94. The first-order chi connectivity index (χ1) is 24.1. The zero-order valence-electron chi connectivity index (χ0n) is 27.7. The van der Waals surface area contributed by atoms with E-state index in [9.17, 15) is 18.4 Å². The molecule has 0 amide bonds. The number of halogens is 3. The summed E-state index contributed by atoms with van der Waals surface area (Å²) in [5.74, 6) is 0. The summed E-state index contributed by atoms with van der Waals surface area (Å²) in [5, 5.41) is 15.3. The molecule has 0 saturated heterocycles. The zero-order chi connectivity index (χ0) is 35.1. The van der Waals surface area contributed by atoms with Crippen molar-refractivity contribution in [1.82, 2.24) is 9.13 Å². The molecule has 0 saturated carbocycles. The highest BCUT2D eigenvalue weighted by atomic mass is 19.4. The second-order valence-corrected chi connectivity index (χ2v) is 12.8.